The van der Waals surface area contributed by atoms with Crippen LogP contribution in [0.5, 0.6) is 5.75 Å². The van der Waals surface area contributed by atoms with E-state index in [1.165, 1.54) is 0 Å². The Bertz CT molecular complexity index is 679. The standard InChI is InChI=1S/C20H29N3O4/c1-20(2,3)12-17(24)21-13-18(25)23-11-5-6-16(23)19(26)22-14-7-9-15(27-4)10-8-14/h7-10,16H,5-6,11-13H2,1-4H3,(H,21,24)(H,22,26). The summed E-state index contributed by atoms with van der Waals surface area (Å²) in [6.07, 6.45) is 1.73. The molecule has 0 saturated carbocycles. The number of rotatable bonds is 6. The van der Waals surface area contributed by atoms with Gasteiger partial charge >= 0.3 is 0 Å². The number of benzene rings is 1. The molecule has 0 spiro atoms. The highest BCUT2D eigenvalue weighted by Crippen LogP contribution is 2.21. The Morgan fingerprint density at radius 1 is 1.19 bits per heavy atom. The van der Waals surface area contributed by atoms with Gasteiger partial charge in [-0.1, -0.05) is 20.8 Å². The van der Waals surface area contributed by atoms with Crippen LogP contribution in [-0.2, 0) is 14.4 Å². The molecule has 1 heterocycles. The lowest BCUT2D eigenvalue weighted by Gasteiger charge is -2.24. The molecule has 1 unspecified atom stereocenters. The molecule has 0 bridgehead atoms. The van der Waals surface area contributed by atoms with E-state index in [0.717, 1.165) is 6.42 Å². The third-order valence-corrected chi connectivity index (χ3v) is 4.36. The van der Waals surface area contributed by atoms with Crippen LogP contribution in [0.2, 0.25) is 0 Å². The molecule has 7 heteroatoms. The highest BCUT2D eigenvalue weighted by atomic mass is 16.5. The first kappa shape index (κ1) is 20.7. The number of nitrogens with zero attached hydrogens (tertiary/aromatic N) is 1. The molecular formula is C20H29N3O4. The molecule has 1 saturated heterocycles. The highest BCUT2D eigenvalue weighted by molar-refractivity contribution is 5.98. The van der Waals surface area contributed by atoms with Crippen LogP contribution in [0.4, 0.5) is 5.69 Å². The van der Waals surface area contributed by atoms with Gasteiger partial charge in [0.1, 0.15) is 11.8 Å². The number of carbonyl (C=O) groups excluding carboxylic acids is 3. The summed E-state index contributed by atoms with van der Waals surface area (Å²) in [6, 6.07) is 6.52. The molecule has 0 aliphatic carbocycles. The van der Waals surface area contributed by atoms with Gasteiger partial charge < -0.3 is 20.3 Å². The van der Waals surface area contributed by atoms with Crippen molar-refractivity contribution >= 4 is 23.4 Å². The topological polar surface area (TPSA) is 87.7 Å². The van der Waals surface area contributed by atoms with Gasteiger partial charge in [-0.2, -0.15) is 0 Å². The van der Waals surface area contributed by atoms with Crippen LogP contribution in [0.1, 0.15) is 40.0 Å². The second-order valence-electron chi connectivity index (χ2n) is 7.98. The summed E-state index contributed by atoms with van der Waals surface area (Å²) in [7, 11) is 1.58. The highest BCUT2D eigenvalue weighted by Gasteiger charge is 2.34. The maximum Gasteiger partial charge on any atom is 0.247 e. The normalized spacial score (nSPS) is 16.7. The van der Waals surface area contributed by atoms with Gasteiger partial charge in [0.15, 0.2) is 0 Å². The monoisotopic (exact) mass is 375 g/mol. The molecule has 0 radical (unpaired) electrons. The van der Waals surface area contributed by atoms with Crippen molar-refractivity contribution < 1.29 is 19.1 Å². The van der Waals surface area contributed by atoms with E-state index < -0.39 is 6.04 Å². The second kappa shape index (κ2) is 8.88. The van der Waals surface area contributed by atoms with E-state index in [-0.39, 0.29) is 29.7 Å². The van der Waals surface area contributed by atoms with Gasteiger partial charge in [0, 0.05) is 18.7 Å². The Hall–Kier alpha value is -2.57. The van der Waals surface area contributed by atoms with Crippen LogP contribution in [0, 0.1) is 5.41 Å². The fourth-order valence-corrected chi connectivity index (χ4v) is 3.06. The van der Waals surface area contributed by atoms with Gasteiger partial charge in [0.2, 0.25) is 17.7 Å². The van der Waals surface area contributed by atoms with E-state index in [0.29, 0.717) is 30.8 Å². The zero-order valence-corrected chi connectivity index (χ0v) is 16.5. The summed E-state index contributed by atoms with van der Waals surface area (Å²) < 4.78 is 5.10. The van der Waals surface area contributed by atoms with Gasteiger partial charge in [0.05, 0.1) is 13.7 Å². The summed E-state index contributed by atoms with van der Waals surface area (Å²) in [5.41, 5.74) is 0.514. The van der Waals surface area contributed by atoms with E-state index in [4.69, 9.17) is 4.74 Å². The zero-order valence-electron chi connectivity index (χ0n) is 16.5. The first-order chi connectivity index (χ1) is 12.7. The fourth-order valence-electron chi connectivity index (χ4n) is 3.06. The minimum Gasteiger partial charge on any atom is -0.497 e. The number of nitrogens with one attached hydrogen (secondary N) is 2. The molecule has 1 aromatic rings. The third kappa shape index (κ3) is 6.27. The largest absolute Gasteiger partial charge is 0.497 e. The first-order valence-corrected chi connectivity index (χ1v) is 9.21. The Labute approximate surface area is 160 Å². The van der Waals surface area contributed by atoms with Gasteiger partial charge in [-0.15, -0.1) is 0 Å². The van der Waals surface area contributed by atoms with Crippen molar-refractivity contribution in [2.75, 3.05) is 25.5 Å². The number of likely N-dealkylation sites (tertiary alicyclic amines) is 1. The SMILES string of the molecule is COc1ccc(NC(=O)C2CCCN2C(=O)CNC(=O)CC(C)(C)C)cc1. The Morgan fingerprint density at radius 2 is 1.85 bits per heavy atom. The molecular weight excluding hydrogens is 346 g/mol. The molecule has 2 N–H and O–H groups in total. The zero-order chi connectivity index (χ0) is 20.0. The minimum absolute atomic E-state index is 0.0821. The number of methoxy groups -OCH3 is 1. The fraction of sp³-hybridized carbons (Fsp3) is 0.550. The molecule has 1 aliphatic rings. The number of ether oxygens (including phenoxy) is 1. The smallest absolute Gasteiger partial charge is 0.247 e. The molecule has 7 nitrogen and oxygen atoms in total. The van der Waals surface area contributed by atoms with E-state index in [9.17, 15) is 14.4 Å². The van der Waals surface area contributed by atoms with Crippen LogP contribution in [-0.4, -0.2) is 48.9 Å². The van der Waals surface area contributed by atoms with Crippen molar-refractivity contribution in [3.63, 3.8) is 0 Å². The van der Waals surface area contributed by atoms with Crippen molar-refractivity contribution in [2.45, 2.75) is 46.1 Å². The van der Waals surface area contributed by atoms with Crippen LogP contribution in [0.15, 0.2) is 24.3 Å². The Balaban J connectivity index is 1.90. The molecule has 3 amide bonds. The Morgan fingerprint density at radius 3 is 2.44 bits per heavy atom. The van der Waals surface area contributed by atoms with Crippen LogP contribution < -0.4 is 15.4 Å². The third-order valence-electron chi connectivity index (χ3n) is 4.36. The van der Waals surface area contributed by atoms with E-state index in [1.807, 2.05) is 20.8 Å². The van der Waals surface area contributed by atoms with Crippen molar-refractivity contribution in [1.82, 2.24) is 10.2 Å². The molecule has 1 aliphatic heterocycles. The van der Waals surface area contributed by atoms with Gasteiger partial charge in [-0.3, -0.25) is 14.4 Å². The van der Waals surface area contributed by atoms with E-state index >= 15 is 0 Å². The average Bonchev–Trinajstić information content (AvgIpc) is 3.09. The van der Waals surface area contributed by atoms with Crippen LogP contribution in [0.3, 0.4) is 0 Å². The molecule has 1 aromatic carbocycles. The maximum absolute atomic E-state index is 12.6. The number of carbonyl (C=O) groups is 3. The molecule has 148 valence electrons. The Kier molecular flexibility index (Phi) is 6.82. The lowest BCUT2D eigenvalue weighted by Crippen LogP contribution is -2.47. The predicted molar refractivity (Wildman–Crippen MR) is 103 cm³/mol. The van der Waals surface area contributed by atoms with Crippen molar-refractivity contribution in [3.8, 4) is 5.75 Å². The summed E-state index contributed by atoms with van der Waals surface area (Å²) in [5.74, 6) is 0.0997. The van der Waals surface area contributed by atoms with Gasteiger partial charge in [-0.25, -0.2) is 0 Å². The van der Waals surface area contributed by atoms with E-state index in [1.54, 1.807) is 36.3 Å². The number of hydrogen-bond acceptors (Lipinski definition) is 4. The summed E-state index contributed by atoms with van der Waals surface area (Å²) in [4.78, 5) is 38.5. The molecule has 2 rings (SSSR count). The number of anilines is 1. The van der Waals surface area contributed by atoms with E-state index in [2.05, 4.69) is 10.6 Å². The summed E-state index contributed by atoms with van der Waals surface area (Å²) >= 11 is 0. The van der Waals surface area contributed by atoms with Crippen LogP contribution in [0.25, 0.3) is 0 Å². The number of amides is 3. The molecule has 27 heavy (non-hydrogen) atoms. The van der Waals surface area contributed by atoms with Gasteiger partial charge in [0.25, 0.3) is 0 Å². The van der Waals surface area contributed by atoms with Crippen molar-refractivity contribution in [2.24, 2.45) is 5.41 Å². The lowest BCUT2D eigenvalue weighted by atomic mass is 9.92. The van der Waals surface area contributed by atoms with Crippen molar-refractivity contribution in [1.29, 1.82) is 0 Å². The maximum atomic E-state index is 12.6. The summed E-state index contributed by atoms with van der Waals surface area (Å²) in [6.45, 7) is 6.34. The molecule has 0 aromatic heterocycles. The average molecular weight is 375 g/mol. The van der Waals surface area contributed by atoms with Crippen molar-refractivity contribution in [3.05, 3.63) is 24.3 Å². The molecule has 1 atom stereocenters. The lowest BCUT2D eigenvalue weighted by molar-refractivity contribution is -0.137. The minimum atomic E-state index is -0.515. The quantitative estimate of drug-likeness (QED) is 0.798. The van der Waals surface area contributed by atoms with Crippen LogP contribution >= 0.6 is 0 Å². The molecule has 1 fully saturated rings. The first-order valence-electron chi connectivity index (χ1n) is 9.21. The van der Waals surface area contributed by atoms with Gasteiger partial charge in [-0.05, 0) is 42.5 Å². The number of hydrogen-bond donors (Lipinski definition) is 2. The predicted octanol–water partition coefficient (Wildman–Crippen LogP) is 2.18. The second-order valence-corrected chi connectivity index (χ2v) is 7.98. The summed E-state index contributed by atoms with van der Waals surface area (Å²) in [5, 5.41) is 5.50.